The van der Waals surface area contributed by atoms with Gasteiger partial charge in [-0.1, -0.05) is 11.6 Å². The molecule has 1 atom stereocenters. The average molecular weight is 281 g/mol. The second-order valence-corrected chi connectivity index (χ2v) is 4.63. The number of anilines is 2. The summed E-state index contributed by atoms with van der Waals surface area (Å²) in [7, 11) is 0. The molecular weight excluding hydrogens is 264 g/mol. The summed E-state index contributed by atoms with van der Waals surface area (Å²) in [5.74, 6) is 1.21. The zero-order valence-corrected chi connectivity index (χ0v) is 11.7. The van der Waals surface area contributed by atoms with E-state index in [0.717, 1.165) is 13.1 Å². The van der Waals surface area contributed by atoms with Crippen molar-refractivity contribution in [3.63, 3.8) is 0 Å². The molecule has 0 spiro atoms. The lowest BCUT2D eigenvalue weighted by atomic mass is 10.3. The van der Waals surface area contributed by atoms with Crippen molar-refractivity contribution in [3.8, 4) is 0 Å². The van der Waals surface area contributed by atoms with Crippen molar-refractivity contribution in [1.82, 2.24) is 19.5 Å². The van der Waals surface area contributed by atoms with Crippen LogP contribution in [0.3, 0.4) is 0 Å². The van der Waals surface area contributed by atoms with Crippen LogP contribution in [0.15, 0.2) is 24.9 Å². The Balaban J connectivity index is 2.02. The molecule has 19 heavy (non-hydrogen) atoms. The van der Waals surface area contributed by atoms with Crippen LogP contribution < -0.4 is 10.6 Å². The lowest BCUT2D eigenvalue weighted by Gasteiger charge is -2.16. The van der Waals surface area contributed by atoms with Crippen molar-refractivity contribution in [2.24, 2.45) is 0 Å². The van der Waals surface area contributed by atoms with Gasteiger partial charge in [0, 0.05) is 31.5 Å². The Labute approximate surface area is 117 Å². The predicted molar refractivity (Wildman–Crippen MR) is 76.5 cm³/mol. The van der Waals surface area contributed by atoms with E-state index in [1.807, 2.05) is 17.7 Å². The van der Waals surface area contributed by atoms with Gasteiger partial charge in [0.15, 0.2) is 5.82 Å². The fourth-order valence-corrected chi connectivity index (χ4v) is 1.85. The molecule has 0 bridgehead atoms. The summed E-state index contributed by atoms with van der Waals surface area (Å²) in [6, 6.07) is 0.177. The summed E-state index contributed by atoms with van der Waals surface area (Å²) in [5, 5.41) is 6.85. The number of aromatic nitrogens is 4. The van der Waals surface area contributed by atoms with E-state index in [1.54, 1.807) is 18.7 Å². The number of nitrogens with zero attached hydrogens (tertiary/aromatic N) is 4. The highest BCUT2D eigenvalue weighted by Crippen LogP contribution is 2.20. The van der Waals surface area contributed by atoms with Gasteiger partial charge in [-0.2, -0.15) is 4.98 Å². The summed E-state index contributed by atoms with van der Waals surface area (Å²) in [6.07, 6.45) is 7.06. The molecule has 2 aromatic heterocycles. The van der Waals surface area contributed by atoms with Crippen molar-refractivity contribution in [2.75, 3.05) is 17.2 Å². The van der Waals surface area contributed by atoms with Crippen molar-refractivity contribution in [2.45, 2.75) is 26.4 Å². The Morgan fingerprint density at radius 1 is 1.47 bits per heavy atom. The molecule has 7 heteroatoms. The smallest absolute Gasteiger partial charge is 0.224 e. The van der Waals surface area contributed by atoms with Crippen LogP contribution in [0.25, 0.3) is 0 Å². The summed E-state index contributed by atoms with van der Waals surface area (Å²) in [4.78, 5) is 12.5. The molecule has 0 saturated carbocycles. The molecule has 0 radical (unpaired) electrons. The predicted octanol–water partition coefficient (Wildman–Crippen LogP) is 2.26. The summed E-state index contributed by atoms with van der Waals surface area (Å²) >= 11 is 6.09. The van der Waals surface area contributed by atoms with Crippen LogP contribution in [-0.2, 0) is 6.54 Å². The summed E-state index contributed by atoms with van der Waals surface area (Å²) < 4.78 is 2.00. The first kappa shape index (κ1) is 13.6. The monoisotopic (exact) mass is 280 g/mol. The molecule has 2 N–H and O–H groups in total. The van der Waals surface area contributed by atoms with Crippen LogP contribution in [0.1, 0.15) is 13.8 Å². The molecule has 6 nitrogen and oxygen atoms in total. The topological polar surface area (TPSA) is 67.7 Å². The first-order valence-corrected chi connectivity index (χ1v) is 6.55. The van der Waals surface area contributed by atoms with E-state index in [0.29, 0.717) is 16.8 Å². The minimum Gasteiger partial charge on any atom is -0.364 e. The first-order valence-electron chi connectivity index (χ1n) is 6.17. The van der Waals surface area contributed by atoms with Crippen LogP contribution in [0, 0.1) is 0 Å². The molecule has 0 fully saturated rings. The number of rotatable bonds is 6. The Bertz CT molecular complexity index is 513. The van der Waals surface area contributed by atoms with Gasteiger partial charge in [-0.3, -0.25) is 0 Å². The average Bonchev–Trinajstić information content (AvgIpc) is 2.86. The first-order chi connectivity index (χ1) is 9.19. The van der Waals surface area contributed by atoms with E-state index in [-0.39, 0.29) is 6.04 Å². The third-order valence-electron chi connectivity index (χ3n) is 2.51. The van der Waals surface area contributed by atoms with Gasteiger partial charge in [0.25, 0.3) is 0 Å². The largest absolute Gasteiger partial charge is 0.364 e. The lowest BCUT2D eigenvalue weighted by molar-refractivity contribution is 0.617. The molecule has 0 saturated heterocycles. The Kier molecular flexibility index (Phi) is 4.57. The van der Waals surface area contributed by atoms with Crippen molar-refractivity contribution in [1.29, 1.82) is 0 Å². The van der Waals surface area contributed by atoms with E-state index < -0.39 is 0 Å². The van der Waals surface area contributed by atoms with Gasteiger partial charge in [0.05, 0.1) is 12.5 Å². The molecule has 0 aliphatic heterocycles. The zero-order chi connectivity index (χ0) is 13.7. The van der Waals surface area contributed by atoms with Crippen molar-refractivity contribution >= 4 is 23.4 Å². The molecular formula is C12H17ClN6. The van der Waals surface area contributed by atoms with Gasteiger partial charge < -0.3 is 15.2 Å². The molecule has 2 aromatic rings. The van der Waals surface area contributed by atoms with Gasteiger partial charge in [0.1, 0.15) is 5.02 Å². The standard InChI is InChI=1S/C12H17ClN6/c1-3-15-12-16-6-10(13)11(18-12)17-9(2)7-19-5-4-14-8-19/h4-6,8-9H,3,7H2,1-2H3,(H2,15,16,17,18). The van der Waals surface area contributed by atoms with E-state index in [2.05, 4.69) is 32.5 Å². The Morgan fingerprint density at radius 3 is 3.00 bits per heavy atom. The Hall–Kier alpha value is -1.82. The number of hydrogen-bond acceptors (Lipinski definition) is 5. The van der Waals surface area contributed by atoms with Gasteiger partial charge in [0.2, 0.25) is 5.95 Å². The van der Waals surface area contributed by atoms with Crippen LogP contribution >= 0.6 is 11.6 Å². The van der Waals surface area contributed by atoms with Crippen LogP contribution in [0.5, 0.6) is 0 Å². The quantitative estimate of drug-likeness (QED) is 0.849. The maximum atomic E-state index is 6.09. The molecule has 0 aliphatic rings. The highest BCUT2D eigenvalue weighted by atomic mass is 35.5. The number of nitrogens with one attached hydrogen (secondary N) is 2. The highest BCUT2D eigenvalue weighted by Gasteiger charge is 2.09. The molecule has 0 aliphatic carbocycles. The van der Waals surface area contributed by atoms with Crippen LogP contribution in [0.2, 0.25) is 5.02 Å². The number of imidazole rings is 1. The molecule has 2 rings (SSSR count). The molecule has 102 valence electrons. The normalized spacial score (nSPS) is 12.2. The number of halogens is 1. The van der Waals surface area contributed by atoms with Crippen LogP contribution in [0.4, 0.5) is 11.8 Å². The second kappa shape index (κ2) is 6.38. The van der Waals surface area contributed by atoms with Gasteiger partial charge >= 0.3 is 0 Å². The highest BCUT2D eigenvalue weighted by molar-refractivity contribution is 6.32. The maximum absolute atomic E-state index is 6.09. The second-order valence-electron chi connectivity index (χ2n) is 4.23. The van der Waals surface area contributed by atoms with Crippen LogP contribution in [-0.4, -0.2) is 32.1 Å². The fraction of sp³-hybridized carbons (Fsp3) is 0.417. The summed E-state index contributed by atoms with van der Waals surface area (Å²) in [5.41, 5.74) is 0. The van der Waals surface area contributed by atoms with Crippen molar-refractivity contribution < 1.29 is 0 Å². The SMILES string of the molecule is CCNc1ncc(Cl)c(NC(C)Cn2ccnc2)n1. The molecule has 0 amide bonds. The molecule has 2 heterocycles. The lowest BCUT2D eigenvalue weighted by Crippen LogP contribution is -2.22. The zero-order valence-electron chi connectivity index (χ0n) is 11.0. The van der Waals surface area contributed by atoms with Gasteiger partial charge in [-0.25, -0.2) is 9.97 Å². The Morgan fingerprint density at radius 2 is 2.32 bits per heavy atom. The number of hydrogen-bond donors (Lipinski definition) is 2. The fourth-order valence-electron chi connectivity index (χ4n) is 1.70. The molecule has 0 aromatic carbocycles. The third-order valence-corrected chi connectivity index (χ3v) is 2.78. The van der Waals surface area contributed by atoms with Crippen molar-refractivity contribution in [3.05, 3.63) is 29.9 Å². The molecule has 1 unspecified atom stereocenters. The van der Waals surface area contributed by atoms with E-state index in [1.165, 1.54) is 0 Å². The van der Waals surface area contributed by atoms with E-state index in [9.17, 15) is 0 Å². The maximum Gasteiger partial charge on any atom is 0.224 e. The third kappa shape index (κ3) is 3.82. The van der Waals surface area contributed by atoms with E-state index in [4.69, 9.17) is 11.6 Å². The van der Waals surface area contributed by atoms with Gasteiger partial charge in [-0.15, -0.1) is 0 Å². The minimum absolute atomic E-state index is 0.177. The van der Waals surface area contributed by atoms with E-state index >= 15 is 0 Å². The summed E-state index contributed by atoms with van der Waals surface area (Å²) in [6.45, 7) is 5.61. The minimum atomic E-state index is 0.177. The van der Waals surface area contributed by atoms with Gasteiger partial charge in [-0.05, 0) is 13.8 Å².